The summed E-state index contributed by atoms with van der Waals surface area (Å²) in [5, 5.41) is 22.6. The maximum Gasteiger partial charge on any atom is 0.341 e. The predicted molar refractivity (Wildman–Crippen MR) is 110 cm³/mol. The van der Waals surface area contributed by atoms with E-state index in [1.807, 2.05) is 18.7 Å². The number of pyridine rings is 1. The van der Waals surface area contributed by atoms with Gasteiger partial charge >= 0.3 is 5.97 Å². The molecular formula is C20H22ClFN4O3. The lowest BCUT2D eigenvalue weighted by molar-refractivity contribution is 0.0695. The monoisotopic (exact) mass is 420 g/mol. The predicted octanol–water partition coefficient (Wildman–Crippen LogP) is 2.65. The van der Waals surface area contributed by atoms with E-state index in [9.17, 15) is 20.0 Å². The van der Waals surface area contributed by atoms with E-state index in [1.54, 1.807) is 4.57 Å². The van der Waals surface area contributed by atoms with Crippen LogP contribution in [-0.4, -0.2) is 40.8 Å². The van der Waals surface area contributed by atoms with Crippen LogP contribution in [0.2, 0.25) is 0 Å². The van der Waals surface area contributed by atoms with Gasteiger partial charge in [0, 0.05) is 37.4 Å². The Labute approximate surface area is 173 Å². The first-order valence-corrected chi connectivity index (χ1v) is 9.37. The molecule has 0 bridgehead atoms. The van der Waals surface area contributed by atoms with Crippen molar-refractivity contribution in [3.63, 3.8) is 0 Å². The number of carboxylic acids is 1. The van der Waals surface area contributed by atoms with Gasteiger partial charge in [0.1, 0.15) is 23.0 Å². The number of carbonyl (C=O) groups is 1. The van der Waals surface area contributed by atoms with Crippen LogP contribution in [0.15, 0.2) is 17.1 Å². The average Bonchev–Trinajstić information content (AvgIpc) is 3.45. The second kappa shape index (κ2) is 7.65. The van der Waals surface area contributed by atoms with Crippen LogP contribution in [0.3, 0.4) is 0 Å². The fourth-order valence-electron chi connectivity index (χ4n) is 4.20. The second-order valence-corrected chi connectivity index (χ2v) is 7.78. The van der Waals surface area contributed by atoms with Crippen molar-refractivity contribution in [3.05, 3.63) is 39.4 Å². The Bertz CT molecular complexity index is 1080. The van der Waals surface area contributed by atoms with Gasteiger partial charge in [-0.25, -0.2) is 9.18 Å². The second-order valence-electron chi connectivity index (χ2n) is 7.78. The quantitative estimate of drug-likeness (QED) is 0.792. The Balaban J connectivity index is 0.00000240. The summed E-state index contributed by atoms with van der Waals surface area (Å²) in [5.74, 6) is -2.03. The third-order valence-corrected chi connectivity index (χ3v) is 5.40. The van der Waals surface area contributed by atoms with Gasteiger partial charge < -0.3 is 19.9 Å². The van der Waals surface area contributed by atoms with E-state index in [-0.39, 0.29) is 47.2 Å². The molecule has 9 heteroatoms. The molecule has 1 aromatic heterocycles. The summed E-state index contributed by atoms with van der Waals surface area (Å²) < 4.78 is 16.8. The molecule has 0 radical (unpaired) electrons. The van der Waals surface area contributed by atoms with Crippen LogP contribution < -0.4 is 15.6 Å². The molecule has 1 aliphatic carbocycles. The molecule has 0 spiro atoms. The number of rotatable bonds is 3. The first kappa shape index (κ1) is 21.1. The first-order chi connectivity index (χ1) is 13.3. The number of hydrogen-bond acceptors (Lipinski definition) is 5. The van der Waals surface area contributed by atoms with E-state index in [2.05, 4.69) is 11.4 Å². The molecule has 154 valence electrons. The van der Waals surface area contributed by atoms with E-state index in [1.165, 1.54) is 6.20 Å². The van der Waals surface area contributed by atoms with Crippen molar-refractivity contribution in [2.75, 3.05) is 18.0 Å². The fraction of sp³-hybridized carbons (Fsp3) is 0.450. The largest absolute Gasteiger partial charge is 0.477 e. The van der Waals surface area contributed by atoms with Crippen LogP contribution in [0.1, 0.15) is 48.7 Å². The fourth-order valence-corrected chi connectivity index (χ4v) is 4.20. The van der Waals surface area contributed by atoms with Gasteiger partial charge in [-0.3, -0.25) is 4.79 Å². The highest BCUT2D eigenvalue weighted by atomic mass is 35.5. The van der Waals surface area contributed by atoms with Crippen molar-refractivity contribution >= 4 is 35.0 Å². The lowest BCUT2D eigenvalue weighted by atomic mass is 10.0. The number of piperazine rings is 1. The average molecular weight is 421 g/mol. The summed E-state index contributed by atoms with van der Waals surface area (Å²) in [6.45, 7) is 5.05. The number of nitriles is 1. The van der Waals surface area contributed by atoms with Crippen molar-refractivity contribution < 1.29 is 14.3 Å². The number of fused-ring (bicyclic) bond motifs is 1. The van der Waals surface area contributed by atoms with Gasteiger partial charge in [0.2, 0.25) is 5.43 Å². The molecule has 2 heterocycles. The molecule has 1 aromatic carbocycles. The normalized spacial score (nSPS) is 21.5. The minimum absolute atomic E-state index is 0. The number of anilines is 1. The van der Waals surface area contributed by atoms with Crippen molar-refractivity contribution in [1.82, 2.24) is 9.88 Å². The topological polar surface area (TPSA) is 98.4 Å². The number of hydrogen-bond donors (Lipinski definition) is 2. The highest BCUT2D eigenvalue weighted by Gasteiger charge is 2.32. The van der Waals surface area contributed by atoms with Crippen molar-refractivity contribution in [2.24, 2.45) is 0 Å². The zero-order valence-electron chi connectivity index (χ0n) is 16.1. The van der Waals surface area contributed by atoms with Crippen molar-refractivity contribution in [1.29, 1.82) is 5.26 Å². The Morgan fingerprint density at radius 2 is 1.93 bits per heavy atom. The maximum atomic E-state index is 15.2. The number of carboxylic acid groups (broad SMARTS) is 1. The molecule has 29 heavy (non-hydrogen) atoms. The van der Waals surface area contributed by atoms with Gasteiger partial charge in [0.25, 0.3) is 0 Å². The molecule has 2 fully saturated rings. The number of aromatic nitrogens is 1. The number of nitrogens with one attached hydrogen (secondary N) is 1. The summed E-state index contributed by atoms with van der Waals surface area (Å²) in [5.41, 5.74) is -0.553. The molecule has 4 rings (SSSR count). The molecular weight excluding hydrogens is 399 g/mol. The van der Waals surface area contributed by atoms with Crippen LogP contribution in [0.5, 0.6) is 0 Å². The molecule has 2 aromatic rings. The van der Waals surface area contributed by atoms with E-state index in [0.717, 1.165) is 18.9 Å². The van der Waals surface area contributed by atoms with E-state index in [0.29, 0.717) is 18.6 Å². The van der Waals surface area contributed by atoms with E-state index >= 15 is 4.39 Å². The van der Waals surface area contributed by atoms with Gasteiger partial charge in [0.05, 0.1) is 16.6 Å². The summed E-state index contributed by atoms with van der Waals surface area (Å²) in [6, 6.07) is 3.44. The van der Waals surface area contributed by atoms with Crippen LogP contribution in [0, 0.1) is 17.1 Å². The number of aromatic carboxylic acids is 1. The van der Waals surface area contributed by atoms with Crippen LogP contribution in [0.25, 0.3) is 10.9 Å². The third-order valence-electron chi connectivity index (χ3n) is 5.40. The summed E-state index contributed by atoms with van der Waals surface area (Å²) in [7, 11) is 0. The molecule has 2 unspecified atom stereocenters. The molecule has 1 saturated carbocycles. The summed E-state index contributed by atoms with van der Waals surface area (Å²) in [4.78, 5) is 26.0. The zero-order valence-corrected chi connectivity index (χ0v) is 16.9. The maximum absolute atomic E-state index is 15.2. The molecule has 1 saturated heterocycles. The molecule has 2 N–H and O–H groups in total. The molecule has 2 aliphatic rings. The molecule has 0 amide bonds. The Morgan fingerprint density at radius 1 is 1.31 bits per heavy atom. The molecule has 1 aliphatic heterocycles. The highest BCUT2D eigenvalue weighted by molar-refractivity contribution is 5.96. The van der Waals surface area contributed by atoms with E-state index in [4.69, 9.17) is 0 Å². The number of benzene rings is 1. The summed E-state index contributed by atoms with van der Waals surface area (Å²) >= 11 is 0. The lowest BCUT2D eigenvalue weighted by Gasteiger charge is -2.38. The summed E-state index contributed by atoms with van der Waals surface area (Å²) in [6.07, 6.45) is 2.96. The standard InChI is InChI=1S/C20H21FN4O3.ClH/c1-10-7-24(8-11(2)23-10)18-14(6-22)17-13(5-16(18)21)19(26)15(20(27)28)9-25(17)12-3-4-12;/h5,9-12,23H,3-4,7-8H2,1-2H3,(H,27,28);1H. The van der Waals surface area contributed by atoms with Gasteiger partial charge in [-0.1, -0.05) is 0 Å². The van der Waals surface area contributed by atoms with Crippen molar-refractivity contribution in [3.8, 4) is 6.07 Å². The molecule has 2 atom stereocenters. The highest BCUT2D eigenvalue weighted by Crippen LogP contribution is 2.40. The SMILES string of the molecule is CC1CN(c2c(F)cc3c(=O)c(C(=O)O)cn(C4CC4)c3c2C#N)CC(C)N1.Cl. The Hall–Kier alpha value is -2.63. The zero-order chi connectivity index (χ0) is 20.2. The van der Waals surface area contributed by atoms with Crippen LogP contribution in [-0.2, 0) is 0 Å². The van der Waals surface area contributed by atoms with Crippen molar-refractivity contribution in [2.45, 2.75) is 44.8 Å². The minimum Gasteiger partial charge on any atom is -0.477 e. The Kier molecular flexibility index (Phi) is 5.57. The molecule has 7 nitrogen and oxygen atoms in total. The number of halogens is 2. The van der Waals surface area contributed by atoms with Gasteiger partial charge in [-0.15, -0.1) is 12.4 Å². The lowest BCUT2D eigenvalue weighted by Crippen LogP contribution is -2.54. The third kappa shape index (κ3) is 3.56. The number of nitrogens with zero attached hydrogens (tertiary/aromatic N) is 3. The minimum atomic E-state index is -1.35. The first-order valence-electron chi connectivity index (χ1n) is 9.37. The van der Waals surface area contributed by atoms with Crippen LogP contribution in [0.4, 0.5) is 10.1 Å². The van der Waals surface area contributed by atoms with Gasteiger partial charge in [-0.2, -0.15) is 5.26 Å². The van der Waals surface area contributed by atoms with Crippen LogP contribution >= 0.6 is 12.4 Å². The van der Waals surface area contributed by atoms with Gasteiger partial charge in [-0.05, 0) is 32.8 Å². The van der Waals surface area contributed by atoms with Gasteiger partial charge in [0.15, 0.2) is 0 Å². The van der Waals surface area contributed by atoms with E-state index < -0.39 is 22.8 Å². The Morgan fingerprint density at radius 3 is 2.45 bits per heavy atom. The smallest absolute Gasteiger partial charge is 0.341 e.